The van der Waals surface area contributed by atoms with Gasteiger partial charge in [0.05, 0.1) is 0 Å². The first-order valence-corrected chi connectivity index (χ1v) is 5.40. The number of hydrogen-bond donors (Lipinski definition) is 0. The first-order chi connectivity index (χ1) is 6.63. The van der Waals surface area contributed by atoms with Crippen LogP contribution in [0.5, 0.6) is 0 Å². The number of aryl methyl sites for hydroxylation is 1. The van der Waals surface area contributed by atoms with E-state index in [2.05, 4.69) is 20.8 Å². The zero-order valence-corrected chi connectivity index (χ0v) is 9.31. The molecule has 0 amide bonds. The van der Waals surface area contributed by atoms with Crippen LogP contribution in [0, 0.1) is 11.7 Å². The first-order valence-electron chi connectivity index (χ1n) is 5.40. The van der Waals surface area contributed by atoms with Crippen LogP contribution in [0.1, 0.15) is 38.3 Å². The molecule has 14 heavy (non-hydrogen) atoms. The molecule has 0 saturated heterocycles. The topological polar surface area (TPSA) is 0 Å². The van der Waals surface area contributed by atoms with Crippen molar-refractivity contribution in [2.24, 2.45) is 5.92 Å². The zero-order valence-electron chi connectivity index (χ0n) is 9.31. The molecule has 0 fully saturated rings. The van der Waals surface area contributed by atoms with Crippen molar-refractivity contribution in [1.82, 2.24) is 0 Å². The van der Waals surface area contributed by atoms with E-state index in [1.807, 2.05) is 12.1 Å². The van der Waals surface area contributed by atoms with Crippen molar-refractivity contribution in [3.8, 4) is 0 Å². The molecule has 0 aromatic heterocycles. The quantitative estimate of drug-likeness (QED) is 0.680. The van der Waals surface area contributed by atoms with E-state index in [1.54, 1.807) is 6.07 Å². The summed E-state index contributed by atoms with van der Waals surface area (Å²) in [7, 11) is 0. The van der Waals surface area contributed by atoms with Gasteiger partial charge >= 0.3 is 0 Å². The molecule has 1 aromatic rings. The number of rotatable bonds is 4. The van der Waals surface area contributed by atoms with Gasteiger partial charge in [-0.25, -0.2) is 4.39 Å². The highest BCUT2D eigenvalue weighted by atomic mass is 19.1. The maximum atomic E-state index is 13.5. The Kier molecular flexibility index (Phi) is 4.12. The van der Waals surface area contributed by atoms with E-state index in [-0.39, 0.29) is 5.82 Å². The van der Waals surface area contributed by atoms with Crippen molar-refractivity contribution in [3.63, 3.8) is 0 Å². The lowest BCUT2D eigenvalue weighted by atomic mass is 10.00. The van der Waals surface area contributed by atoms with Gasteiger partial charge in [0.1, 0.15) is 5.82 Å². The van der Waals surface area contributed by atoms with Crippen LogP contribution in [0.15, 0.2) is 18.2 Å². The molecule has 0 aliphatic rings. The molecule has 0 radical (unpaired) electrons. The summed E-state index contributed by atoms with van der Waals surface area (Å²) in [5.41, 5.74) is 1.96. The van der Waals surface area contributed by atoms with Crippen LogP contribution in [-0.4, -0.2) is 0 Å². The molecule has 0 bridgehead atoms. The van der Waals surface area contributed by atoms with Crippen molar-refractivity contribution < 1.29 is 4.39 Å². The Morgan fingerprint density at radius 1 is 1.29 bits per heavy atom. The normalized spacial score (nSPS) is 10.9. The van der Waals surface area contributed by atoms with Gasteiger partial charge in [0.2, 0.25) is 0 Å². The first kappa shape index (κ1) is 11.2. The lowest BCUT2D eigenvalue weighted by Gasteiger charge is -2.07. The standard InChI is InChI=1S/C13H19F/c1-4-5-12-7-6-11(8-10(2)3)9-13(12)14/h6-7,9-10H,4-5,8H2,1-3H3. The van der Waals surface area contributed by atoms with Crippen molar-refractivity contribution in [3.05, 3.63) is 35.1 Å². The average molecular weight is 194 g/mol. The summed E-state index contributed by atoms with van der Waals surface area (Å²) in [6.07, 6.45) is 2.80. The highest BCUT2D eigenvalue weighted by Crippen LogP contribution is 2.15. The van der Waals surface area contributed by atoms with Crippen LogP contribution in [0.25, 0.3) is 0 Å². The van der Waals surface area contributed by atoms with Crippen LogP contribution < -0.4 is 0 Å². The van der Waals surface area contributed by atoms with E-state index < -0.39 is 0 Å². The minimum absolute atomic E-state index is 0.0370. The Hall–Kier alpha value is -0.850. The Labute approximate surface area is 86.2 Å². The lowest BCUT2D eigenvalue weighted by Crippen LogP contribution is -1.97. The van der Waals surface area contributed by atoms with E-state index in [0.29, 0.717) is 5.92 Å². The van der Waals surface area contributed by atoms with Gasteiger partial charge < -0.3 is 0 Å². The monoisotopic (exact) mass is 194 g/mol. The zero-order chi connectivity index (χ0) is 10.6. The third-order valence-electron chi connectivity index (χ3n) is 2.28. The second-order valence-electron chi connectivity index (χ2n) is 4.27. The fraction of sp³-hybridized carbons (Fsp3) is 0.538. The molecule has 0 N–H and O–H groups in total. The van der Waals surface area contributed by atoms with Gasteiger partial charge in [-0.3, -0.25) is 0 Å². The molecule has 0 unspecified atom stereocenters. The van der Waals surface area contributed by atoms with Gasteiger partial charge in [-0.1, -0.05) is 39.3 Å². The van der Waals surface area contributed by atoms with Gasteiger partial charge in [0.25, 0.3) is 0 Å². The summed E-state index contributed by atoms with van der Waals surface area (Å²) in [5, 5.41) is 0. The van der Waals surface area contributed by atoms with Gasteiger partial charge in [0.15, 0.2) is 0 Å². The van der Waals surface area contributed by atoms with Crippen molar-refractivity contribution in [2.45, 2.75) is 40.0 Å². The van der Waals surface area contributed by atoms with Gasteiger partial charge in [-0.05, 0) is 36.0 Å². The number of hydrogen-bond acceptors (Lipinski definition) is 0. The fourth-order valence-corrected chi connectivity index (χ4v) is 1.66. The molecule has 1 heteroatoms. The Balaban J connectivity index is 2.78. The summed E-state index contributed by atoms with van der Waals surface area (Å²) in [4.78, 5) is 0. The number of benzene rings is 1. The molecule has 1 rings (SSSR count). The minimum Gasteiger partial charge on any atom is -0.207 e. The van der Waals surface area contributed by atoms with Gasteiger partial charge in [0, 0.05) is 0 Å². The molecule has 1 aromatic carbocycles. The van der Waals surface area contributed by atoms with E-state index in [1.165, 1.54) is 0 Å². The summed E-state index contributed by atoms with van der Waals surface area (Å²) in [6.45, 7) is 6.37. The predicted octanol–water partition coefficient (Wildman–Crippen LogP) is 3.98. The largest absolute Gasteiger partial charge is 0.207 e. The maximum absolute atomic E-state index is 13.5. The molecule has 0 spiro atoms. The second kappa shape index (κ2) is 5.14. The van der Waals surface area contributed by atoms with Gasteiger partial charge in [-0.2, -0.15) is 0 Å². The summed E-state index contributed by atoms with van der Waals surface area (Å²) in [5.74, 6) is 0.552. The molecule has 0 nitrogen and oxygen atoms in total. The van der Waals surface area contributed by atoms with Crippen molar-refractivity contribution in [2.75, 3.05) is 0 Å². The van der Waals surface area contributed by atoms with E-state index >= 15 is 0 Å². The molecule has 0 aliphatic heterocycles. The van der Waals surface area contributed by atoms with E-state index in [4.69, 9.17) is 0 Å². The number of halogens is 1. The van der Waals surface area contributed by atoms with Crippen LogP contribution in [0.2, 0.25) is 0 Å². The summed E-state index contributed by atoms with van der Waals surface area (Å²) < 4.78 is 13.5. The Bertz CT molecular complexity index is 289. The van der Waals surface area contributed by atoms with Gasteiger partial charge in [-0.15, -0.1) is 0 Å². The van der Waals surface area contributed by atoms with E-state index in [9.17, 15) is 4.39 Å². The molecular formula is C13H19F. The van der Waals surface area contributed by atoms with Crippen molar-refractivity contribution >= 4 is 0 Å². The molecular weight excluding hydrogens is 175 g/mol. The Morgan fingerprint density at radius 2 is 2.00 bits per heavy atom. The average Bonchev–Trinajstić information content (AvgIpc) is 2.09. The lowest BCUT2D eigenvalue weighted by molar-refractivity contribution is 0.596. The molecule has 0 saturated carbocycles. The third-order valence-corrected chi connectivity index (χ3v) is 2.28. The fourth-order valence-electron chi connectivity index (χ4n) is 1.66. The third kappa shape index (κ3) is 3.13. The summed E-state index contributed by atoms with van der Waals surface area (Å²) in [6, 6.07) is 5.66. The van der Waals surface area contributed by atoms with Crippen LogP contribution in [0.4, 0.5) is 4.39 Å². The minimum atomic E-state index is -0.0370. The SMILES string of the molecule is CCCc1ccc(CC(C)C)cc1F. The molecule has 0 aliphatic carbocycles. The Morgan fingerprint density at radius 3 is 2.50 bits per heavy atom. The maximum Gasteiger partial charge on any atom is 0.126 e. The highest BCUT2D eigenvalue weighted by molar-refractivity contribution is 5.24. The van der Waals surface area contributed by atoms with Crippen LogP contribution in [-0.2, 0) is 12.8 Å². The van der Waals surface area contributed by atoms with Crippen LogP contribution >= 0.6 is 0 Å². The predicted molar refractivity (Wildman–Crippen MR) is 58.9 cm³/mol. The summed E-state index contributed by atoms with van der Waals surface area (Å²) >= 11 is 0. The second-order valence-corrected chi connectivity index (χ2v) is 4.27. The molecule has 0 atom stereocenters. The van der Waals surface area contributed by atoms with Crippen molar-refractivity contribution in [1.29, 1.82) is 0 Å². The van der Waals surface area contributed by atoms with Crippen LogP contribution in [0.3, 0.4) is 0 Å². The van der Waals surface area contributed by atoms with E-state index in [0.717, 1.165) is 30.4 Å². The molecule has 78 valence electrons. The molecule has 0 heterocycles. The smallest absolute Gasteiger partial charge is 0.126 e. The highest BCUT2D eigenvalue weighted by Gasteiger charge is 2.03.